The van der Waals surface area contributed by atoms with Gasteiger partial charge in [-0.15, -0.1) is 10.2 Å². The first kappa shape index (κ1) is 18.2. The average Bonchev–Trinajstić information content (AvgIpc) is 3.45. The Morgan fingerprint density at radius 3 is 2.93 bits per heavy atom. The lowest BCUT2D eigenvalue weighted by molar-refractivity contribution is -0.126. The van der Waals surface area contributed by atoms with Crippen molar-refractivity contribution in [2.45, 2.75) is 23.9 Å². The predicted molar refractivity (Wildman–Crippen MR) is 101 cm³/mol. The van der Waals surface area contributed by atoms with Gasteiger partial charge in [0.05, 0.1) is 18.1 Å². The second-order valence-electron chi connectivity index (χ2n) is 6.20. The highest BCUT2D eigenvalue weighted by Gasteiger charge is 2.31. The summed E-state index contributed by atoms with van der Waals surface area (Å²) in [4.78, 5) is 29.8. The van der Waals surface area contributed by atoms with Crippen molar-refractivity contribution in [3.63, 3.8) is 0 Å². The molecule has 0 unspecified atom stereocenters. The van der Waals surface area contributed by atoms with E-state index in [1.807, 2.05) is 28.8 Å². The molecule has 1 fully saturated rings. The second-order valence-corrected chi connectivity index (χ2v) is 7.50. The SMILES string of the molecule is C[C@H](Sc1nnc(-c2cccnc2)n1Cc1ccco1)C(=O)N1CCNC1=O. The number of urea groups is 1. The summed E-state index contributed by atoms with van der Waals surface area (Å²) in [5, 5.41) is 11.3. The molecule has 0 saturated carbocycles. The Bertz CT molecular complexity index is 973. The summed E-state index contributed by atoms with van der Waals surface area (Å²) in [6.45, 7) is 3.02. The van der Waals surface area contributed by atoms with E-state index >= 15 is 0 Å². The zero-order valence-corrected chi connectivity index (χ0v) is 15.9. The van der Waals surface area contributed by atoms with Gasteiger partial charge in [0.25, 0.3) is 0 Å². The van der Waals surface area contributed by atoms with Gasteiger partial charge in [0.15, 0.2) is 11.0 Å². The highest BCUT2D eigenvalue weighted by molar-refractivity contribution is 8.00. The Balaban J connectivity index is 1.62. The molecular formula is C18H18N6O3S. The fourth-order valence-electron chi connectivity index (χ4n) is 2.90. The van der Waals surface area contributed by atoms with E-state index < -0.39 is 5.25 Å². The number of nitrogens with one attached hydrogen (secondary N) is 1. The molecule has 4 heterocycles. The predicted octanol–water partition coefficient (Wildman–Crippen LogP) is 2.01. The molecule has 3 aromatic heterocycles. The van der Waals surface area contributed by atoms with Crippen LogP contribution >= 0.6 is 11.8 Å². The molecule has 3 amide bonds. The average molecular weight is 398 g/mol. The van der Waals surface area contributed by atoms with Gasteiger partial charge in [-0.2, -0.15) is 0 Å². The molecule has 0 spiro atoms. The lowest BCUT2D eigenvalue weighted by Gasteiger charge is -2.17. The molecule has 0 aromatic carbocycles. The molecular weight excluding hydrogens is 380 g/mol. The Hall–Kier alpha value is -3.14. The van der Waals surface area contributed by atoms with Crippen molar-refractivity contribution in [2.24, 2.45) is 0 Å². The molecule has 1 atom stereocenters. The molecule has 4 rings (SSSR count). The molecule has 0 bridgehead atoms. The minimum atomic E-state index is -0.495. The van der Waals surface area contributed by atoms with Crippen LogP contribution in [0, 0.1) is 0 Å². The van der Waals surface area contributed by atoms with E-state index in [4.69, 9.17) is 4.42 Å². The van der Waals surface area contributed by atoms with Gasteiger partial charge in [-0.25, -0.2) is 4.79 Å². The van der Waals surface area contributed by atoms with Gasteiger partial charge < -0.3 is 9.73 Å². The van der Waals surface area contributed by atoms with E-state index in [0.29, 0.717) is 30.6 Å². The maximum atomic E-state index is 12.6. The number of nitrogens with zero attached hydrogens (tertiary/aromatic N) is 5. The number of rotatable bonds is 6. The highest BCUT2D eigenvalue weighted by Crippen LogP contribution is 2.28. The van der Waals surface area contributed by atoms with Crippen LogP contribution in [-0.2, 0) is 11.3 Å². The van der Waals surface area contributed by atoms with E-state index in [1.54, 1.807) is 25.6 Å². The van der Waals surface area contributed by atoms with Crippen molar-refractivity contribution in [2.75, 3.05) is 13.1 Å². The molecule has 9 nitrogen and oxygen atoms in total. The zero-order valence-electron chi connectivity index (χ0n) is 15.1. The Kier molecular flexibility index (Phi) is 5.11. The number of hydrogen-bond acceptors (Lipinski definition) is 7. The zero-order chi connectivity index (χ0) is 19.5. The Morgan fingerprint density at radius 1 is 1.36 bits per heavy atom. The maximum absolute atomic E-state index is 12.6. The summed E-state index contributed by atoms with van der Waals surface area (Å²) >= 11 is 1.26. The van der Waals surface area contributed by atoms with Gasteiger partial charge in [0, 0.05) is 31.0 Å². The first-order chi connectivity index (χ1) is 13.6. The van der Waals surface area contributed by atoms with Crippen molar-refractivity contribution < 1.29 is 14.0 Å². The minimum absolute atomic E-state index is 0.254. The van der Waals surface area contributed by atoms with Crippen LogP contribution < -0.4 is 5.32 Å². The van der Waals surface area contributed by atoms with E-state index in [1.165, 1.54) is 16.7 Å². The number of amides is 3. The van der Waals surface area contributed by atoms with Crippen LogP contribution in [-0.4, -0.2) is 54.9 Å². The third-order valence-corrected chi connectivity index (χ3v) is 5.35. The molecule has 28 heavy (non-hydrogen) atoms. The van der Waals surface area contributed by atoms with E-state index in [-0.39, 0.29) is 11.9 Å². The quantitative estimate of drug-likeness (QED) is 0.633. The number of hydrogen-bond donors (Lipinski definition) is 1. The fourth-order valence-corrected chi connectivity index (χ4v) is 3.81. The summed E-state index contributed by atoms with van der Waals surface area (Å²) in [6.07, 6.45) is 5.00. The van der Waals surface area contributed by atoms with Gasteiger partial charge in [0.2, 0.25) is 5.91 Å². The highest BCUT2D eigenvalue weighted by atomic mass is 32.2. The molecule has 3 aromatic rings. The maximum Gasteiger partial charge on any atom is 0.324 e. The van der Waals surface area contributed by atoms with E-state index in [0.717, 1.165) is 11.3 Å². The third-order valence-electron chi connectivity index (χ3n) is 4.28. The topological polar surface area (TPSA) is 106 Å². The van der Waals surface area contributed by atoms with Crippen LogP contribution in [0.3, 0.4) is 0 Å². The summed E-state index contributed by atoms with van der Waals surface area (Å²) < 4.78 is 7.35. The van der Waals surface area contributed by atoms with Gasteiger partial charge in [-0.3, -0.25) is 19.2 Å². The van der Waals surface area contributed by atoms with Crippen molar-refractivity contribution in [3.8, 4) is 11.4 Å². The lowest BCUT2D eigenvalue weighted by atomic mass is 10.2. The van der Waals surface area contributed by atoms with Gasteiger partial charge >= 0.3 is 6.03 Å². The first-order valence-corrected chi connectivity index (χ1v) is 9.63. The molecule has 0 radical (unpaired) electrons. The van der Waals surface area contributed by atoms with Gasteiger partial charge in [-0.1, -0.05) is 11.8 Å². The summed E-state index contributed by atoms with van der Waals surface area (Å²) in [5.74, 6) is 1.12. The summed E-state index contributed by atoms with van der Waals surface area (Å²) in [6, 6.07) is 7.05. The molecule has 1 aliphatic rings. The summed E-state index contributed by atoms with van der Waals surface area (Å²) in [5.41, 5.74) is 0.811. The minimum Gasteiger partial charge on any atom is -0.467 e. The van der Waals surface area contributed by atoms with Crippen LogP contribution in [0.5, 0.6) is 0 Å². The number of furan rings is 1. The first-order valence-electron chi connectivity index (χ1n) is 8.75. The Labute approximate surface area is 165 Å². The lowest BCUT2D eigenvalue weighted by Crippen LogP contribution is -2.39. The van der Waals surface area contributed by atoms with Crippen LogP contribution in [0.15, 0.2) is 52.5 Å². The normalized spacial score (nSPS) is 14.9. The number of aromatic nitrogens is 4. The summed E-state index contributed by atoms with van der Waals surface area (Å²) in [7, 11) is 0. The Morgan fingerprint density at radius 2 is 2.25 bits per heavy atom. The van der Waals surface area contributed by atoms with Crippen LogP contribution in [0.4, 0.5) is 4.79 Å². The van der Waals surface area contributed by atoms with Crippen LogP contribution in [0.2, 0.25) is 0 Å². The molecule has 1 aliphatic heterocycles. The molecule has 1 N–H and O–H groups in total. The monoisotopic (exact) mass is 398 g/mol. The van der Waals surface area contributed by atoms with E-state index in [2.05, 4.69) is 20.5 Å². The van der Waals surface area contributed by atoms with Crippen LogP contribution in [0.1, 0.15) is 12.7 Å². The largest absolute Gasteiger partial charge is 0.467 e. The van der Waals surface area contributed by atoms with Gasteiger partial charge in [0.1, 0.15) is 5.76 Å². The smallest absolute Gasteiger partial charge is 0.324 e. The molecule has 1 saturated heterocycles. The number of imide groups is 1. The number of thioether (sulfide) groups is 1. The van der Waals surface area contributed by atoms with E-state index in [9.17, 15) is 9.59 Å². The third kappa shape index (κ3) is 3.63. The van der Waals surface area contributed by atoms with Crippen molar-refractivity contribution in [3.05, 3.63) is 48.7 Å². The molecule has 10 heteroatoms. The molecule has 0 aliphatic carbocycles. The van der Waals surface area contributed by atoms with Crippen molar-refractivity contribution in [1.29, 1.82) is 0 Å². The van der Waals surface area contributed by atoms with Gasteiger partial charge in [-0.05, 0) is 31.2 Å². The standard InChI is InChI=1S/C18H18N6O3S/c1-12(16(25)23-8-7-20-17(23)26)28-18-22-21-15(13-4-2-6-19-10-13)24(18)11-14-5-3-9-27-14/h2-6,9-10,12H,7-8,11H2,1H3,(H,20,26)/t12-/m0/s1. The van der Waals surface area contributed by atoms with Crippen LogP contribution in [0.25, 0.3) is 11.4 Å². The molecule has 144 valence electrons. The number of carbonyl (C=O) groups excluding carboxylic acids is 2. The second kappa shape index (κ2) is 7.85. The number of carbonyl (C=O) groups is 2. The van der Waals surface area contributed by atoms with Crippen molar-refractivity contribution in [1.82, 2.24) is 30.0 Å². The fraction of sp³-hybridized carbons (Fsp3) is 0.278. The number of pyridine rings is 1. The van der Waals surface area contributed by atoms with Crippen molar-refractivity contribution >= 4 is 23.7 Å².